The fraction of sp³-hybridized carbons (Fsp3) is 0.462. The van der Waals surface area contributed by atoms with Crippen LogP contribution < -0.4 is 0 Å². The number of aliphatic carboxylic acids is 1. The molecular formula is C13H16O3. The maximum Gasteiger partial charge on any atom is 0.314 e. The Morgan fingerprint density at radius 1 is 1.38 bits per heavy atom. The van der Waals surface area contributed by atoms with Crippen molar-refractivity contribution in [1.29, 1.82) is 0 Å². The Kier molecular flexibility index (Phi) is 2.62. The largest absolute Gasteiger partial charge is 0.508 e. The van der Waals surface area contributed by atoms with Gasteiger partial charge in [-0.15, -0.1) is 0 Å². The zero-order valence-electron chi connectivity index (χ0n) is 9.36. The van der Waals surface area contributed by atoms with Crippen LogP contribution >= 0.6 is 0 Å². The summed E-state index contributed by atoms with van der Waals surface area (Å²) < 4.78 is 0. The van der Waals surface area contributed by atoms with Crippen LogP contribution in [0.3, 0.4) is 0 Å². The molecule has 86 valence electrons. The van der Waals surface area contributed by atoms with E-state index in [2.05, 4.69) is 0 Å². The summed E-state index contributed by atoms with van der Waals surface area (Å²) in [6.07, 6.45) is 3.10. The van der Waals surface area contributed by atoms with Crippen molar-refractivity contribution >= 4 is 5.97 Å². The molecule has 1 aromatic rings. The number of phenolic OH excluding ortho intramolecular Hbond substituents is 1. The van der Waals surface area contributed by atoms with Gasteiger partial charge in [-0.2, -0.15) is 0 Å². The summed E-state index contributed by atoms with van der Waals surface area (Å²) in [5, 5.41) is 18.9. The van der Waals surface area contributed by atoms with Crippen LogP contribution in [0.1, 0.15) is 37.3 Å². The van der Waals surface area contributed by atoms with Crippen molar-refractivity contribution in [2.24, 2.45) is 0 Å². The maximum absolute atomic E-state index is 11.3. The minimum atomic E-state index is -0.772. The van der Waals surface area contributed by atoms with E-state index >= 15 is 0 Å². The number of aromatic hydroxyl groups is 1. The van der Waals surface area contributed by atoms with Gasteiger partial charge in [0.05, 0.1) is 5.41 Å². The van der Waals surface area contributed by atoms with Gasteiger partial charge in [0.1, 0.15) is 5.75 Å². The molecule has 1 aromatic carbocycles. The molecule has 0 heterocycles. The third-order valence-electron chi connectivity index (χ3n) is 3.55. The molecule has 3 nitrogen and oxygen atoms in total. The van der Waals surface area contributed by atoms with Gasteiger partial charge in [-0.25, -0.2) is 0 Å². The highest BCUT2D eigenvalue weighted by Gasteiger charge is 2.46. The third-order valence-corrected chi connectivity index (χ3v) is 3.55. The Morgan fingerprint density at radius 2 is 2.06 bits per heavy atom. The summed E-state index contributed by atoms with van der Waals surface area (Å²) in [6, 6.07) is 5.19. The smallest absolute Gasteiger partial charge is 0.314 e. The summed E-state index contributed by atoms with van der Waals surface area (Å²) >= 11 is 0. The van der Waals surface area contributed by atoms with Crippen molar-refractivity contribution in [3.8, 4) is 5.75 Å². The Hall–Kier alpha value is -1.51. The molecule has 0 aliphatic heterocycles. The Bertz CT molecular complexity index is 419. The van der Waals surface area contributed by atoms with Crippen molar-refractivity contribution < 1.29 is 15.0 Å². The highest BCUT2D eigenvalue weighted by Crippen LogP contribution is 2.45. The molecule has 0 saturated heterocycles. The fourth-order valence-electron chi connectivity index (χ4n) is 2.31. The molecule has 3 heteroatoms. The highest BCUT2D eigenvalue weighted by molar-refractivity contribution is 5.82. The number of carboxylic acids is 1. The maximum atomic E-state index is 11.3. The molecule has 0 atom stereocenters. The first-order valence-electron chi connectivity index (χ1n) is 5.65. The average Bonchev–Trinajstić information content (AvgIpc) is 2.14. The summed E-state index contributed by atoms with van der Waals surface area (Å²) in [4.78, 5) is 11.3. The van der Waals surface area contributed by atoms with E-state index in [0.29, 0.717) is 12.8 Å². The molecule has 0 bridgehead atoms. The second-order valence-corrected chi connectivity index (χ2v) is 4.48. The highest BCUT2D eigenvalue weighted by atomic mass is 16.4. The molecule has 0 unspecified atom stereocenters. The number of hydrogen-bond donors (Lipinski definition) is 2. The number of carboxylic acid groups (broad SMARTS) is 1. The predicted molar refractivity (Wildman–Crippen MR) is 60.6 cm³/mol. The minimum absolute atomic E-state index is 0.168. The molecule has 2 N–H and O–H groups in total. The van der Waals surface area contributed by atoms with Crippen LogP contribution in [0.4, 0.5) is 0 Å². The van der Waals surface area contributed by atoms with Gasteiger partial charge in [0.2, 0.25) is 0 Å². The number of aryl methyl sites for hydroxylation is 1. The van der Waals surface area contributed by atoms with E-state index < -0.39 is 11.4 Å². The van der Waals surface area contributed by atoms with Gasteiger partial charge < -0.3 is 10.2 Å². The lowest BCUT2D eigenvalue weighted by Crippen LogP contribution is -2.42. The van der Waals surface area contributed by atoms with Crippen LogP contribution in [-0.4, -0.2) is 16.2 Å². The summed E-state index contributed by atoms with van der Waals surface area (Å²) in [6.45, 7) is 1.99. The third kappa shape index (κ3) is 1.56. The van der Waals surface area contributed by atoms with E-state index in [9.17, 15) is 15.0 Å². The van der Waals surface area contributed by atoms with Crippen LogP contribution in [0.2, 0.25) is 0 Å². The second kappa shape index (κ2) is 3.81. The average molecular weight is 220 g/mol. The molecule has 0 radical (unpaired) electrons. The van der Waals surface area contributed by atoms with E-state index in [1.807, 2.05) is 13.0 Å². The van der Waals surface area contributed by atoms with E-state index in [4.69, 9.17) is 0 Å². The molecule has 0 aromatic heterocycles. The molecular weight excluding hydrogens is 204 g/mol. The van der Waals surface area contributed by atoms with Crippen molar-refractivity contribution in [2.45, 2.75) is 38.0 Å². The summed E-state index contributed by atoms with van der Waals surface area (Å²) in [5.74, 6) is -0.603. The van der Waals surface area contributed by atoms with Gasteiger partial charge in [-0.05, 0) is 42.5 Å². The van der Waals surface area contributed by atoms with Crippen LogP contribution in [-0.2, 0) is 16.6 Å². The van der Waals surface area contributed by atoms with Gasteiger partial charge >= 0.3 is 5.97 Å². The van der Waals surface area contributed by atoms with Gasteiger partial charge in [0.25, 0.3) is 0 Å². The lowest BCUT2D eigenvalue weighted by Gasteiger charge is -2.38. The van der Waals surface area contributed by atoms with Crippen LogP contribution in [0.25, 0.3) is 0 Å². The Morgan fingerprint density at radius 3 is 2.50 bits per heavy atom. The van der Waals surface area contributed by atoms with Crippen molar-refractivity contribution in [1.82, 2.24) is 0 Å². The molecule has 16 heavy (non-hydrogen) atoms. The van der Waals surface area contributed by atoms with Crippen molar-refractivity contribution in [3.05, 3.63) is 29.3 Å². The van der Waals surface area contributed by atoms with Gasteiger partial charge in [-0.3, -0.25) is 4.79 Å². The first kappa shape index (κ1) is 11.0. The SMILES string of the molecule is CCc1cc(O)cc(C2(C(=O)O)CCC2)c1. The van der Waals surface area contributed by atoms with E-state index in [-0.39, 0.29) is 5.75 Å². The standard InChI is InChI=1S/C13H16O3/c1-2-9-6-10(8-11(14)7-9)13(12(15)16)4-3-5-13/h6-8,14H,2-5H2,1H3,(H,15,16). The molecule has 0 spiro atoms. The van der Waals surface area contributed by atoms with Gasteiger partial charge in [0.15, 0.2) is 0 Å². The Balaban J connectivity index is 2.46. The fourth-order valence-corrected chi connectivity index (χ4v) is 2.31. The zero-order chi connectivity index (χ0) is 11.8. The summed E-state index contributed by atoms with van der Waals surface area (Å²) in [7, 11) is 0. The van der Waals surface area contributed by atoms with E-state index in [0.717, 1.165) is 24.0 Å². The van der Waals surface area contributed by atoms with Gasteiger partial charge in [-0.1, -0.05) is 19.4 Å². The number of phenols is 1. The molecule has 0 amide bonds. The minimum Gasteiger partial charge on any atom is -0.508 e. The first-order chi connectivity index (χ1) is 7.58. The number of benzene rings is 1. The lowest BCUT2D eigenvalue weighted by atomic mass is 9.64. The van der Waals surface area contributed by atoms with Crippen molar-refractivity contribution in [2.75, 3.05) is 0 Å². The normalized spacial score (nSPS) is 17.8. The molecule has 1 fully saturated rings. The van der Waals surface area contributed by atoms with Crippen LogP contribution in [0.5, 0.6) is 5.75 Å². The zero-order valence-corrected chi connectivity index (χ0v) is 9.36. The van der Waals surface area contributed by atoms with Crippen molar-refractivity contribution in [3.63, 3.8) is 0 Å². The number of rotatable bonds is 3. The van der Waals surface area contributed by atoms with Gasteiger partial charge in [0, 0.05) is 0 Å². The lowest BCUT2D eigenvalue weighted by molar-refractivity contribution is -0.147. The van der Waals surface area contributed by atoms with Crippen LogP contribution in [0.15, 0.2) is 18.2 Å². The molecule has 1 aliphatic carbocycles. The number of hydrogen-bond acceptors (Lipinski definition) is 2. The summed E-state index contributed by atoms with van der Waals surface area (Å²) in [5.41, 5.74) is 0.994. The second-order valence-electron chi connectivity index (χ2n) is 4.48. The predicted octanol–water partition coefficient (Wildman–Crippen LogP) is 2.46. The quantitative estimate of drug-likeness (QED) is 0.822. The van der Waals surface area contributed by atoms with E-state index in [1.54, 1.807) is 12.1 Å². The van der Waals surface area contributed by atoms with Crippen LogP contribution in [0, 0.1) is 0 Å². The first-order valence-corrected chi connectivity index (χ1v) is 5.65. The van der Waals surface area contributed by atoms with E-state index in [1.165, 1.54) is 0 Å². The topological polar surface area (TPSA) is 57.5 Å². The number of carbonyl (C=O) groups is 1. The monoisotopic (exact) mass is 220 g/mol. The molecule has 1 saturated carbocycles. The molecule has 1 aliphatic rings. The molecule has 2 rings (SSSR count). The Labute approximate surface area is 94.7 Å².